The number of benzene rings is 2. The molecule has 0 aliphatic carbocycles. The van der Waals surface area contributed by atoms with Crippen molar-refractivity contribution in [2.45, 2.75) is 6.61 Å². The number of rotatable bonds is 7. The van der Waals surface area contributed by atoms with Gasteiger partial charge in [-0.25, -0.2) is 9.97 Å². The van der Waals surface area contributed by atoms with Crippen LogP contribution in [0.1, 0.15) is 5.69 Å². The van der Waals surface area contributed by atoms with E-state index >= 15 is 0 Å². The molecule has 2 aromatic carbocycles. The van der Waals surface area contributed by atoms with Crippen molar-refractivity contribution in [2.75, 3.05) is 18.4 Å². The van der Waals surface area contributed by atoms with E-state index in [-0.39, 0.29) is 0 Å². The van der Waals surface area contributed by atoms with Gasteiger partial charge in [0.2, 0.25) is 0 Å². The number of aromatic amines is 1. The second-order valence-corrected chi connectivity index (χ2v) is 6.72. The number of hydrogen-bond donors (Lipinski definition) is 3. The van der Waals surface area contributed by atoms with Crippen LogP contribution in [0.2, 0.25) is 5.02 Å². The summed E-state index contributed by atoms with van der Waals surface area (Å²) in [6.45, 7) is 1.51. The molecule has 2 heterocycles. The zero-order chi connectivity index (χ0) is 19.3. The molecule has 0 unspecified atom stereocenters. The van der Waals surface area contributed by atoms with Crippen molar-refractivity contribution < 1.29 is 4.74 Å². The highest BCUT2D eigenvalue weighted by Crippen LogP contribution is 2.26. The monoisotopic (exact) mass is 393 g/mol. The maximum atomic E-state index is 6.01. The third kappa shape index (κ3) is 4.08. The Bertz CT molecular complexity index is 1080. The van der Waals surface area contributed by atoms with Gasteiger partial charge in [-0.2, -0.15) is 0 Å². The second-order valence-electron chi connectivity index (χ2n) is 6.28. The lowest BCUT2D eigenvalue weighted by Crippen LogP contribution is -2.14. The first kappa shape index (κ1) is 18.3. The van der Waals surface area contributed by atoms with E-state index in [0.29, 0.717) is 36.3 Å². The van der Waals surface area contributed by atoms with Crippen LogP contribution < -0.4 is 15.8 Å². The number of halogens is 1. The van der Waals surface area contributed by atoms with Gasteiger partial charge in [-0.1, -0.05) is 48.0 Å². The van der Waals surface area contributed by atoms with Crippen LogP contribution in [0.4, 0.5) is 5.82 Å². The Morgan fingerprint density at radius 3 is 2.68 bits per heavy atom. The van der Waals surface area contributed by atoms with Crippen LogP contribution in [0.3, 0.4) is 0 Å². The summed E-state index contributed by atoms with van der Waals surface area (Å²) in [5, 5.41) is 4.83. The lowest BCUT2D eigenvalue weighted by atomic mass is 10.2. The fraction of sp³-hybridized carbons (Fsp3) is 0.143. The Morgan fingerprint density at radius 2 is 1.89 bits per heavy atom. The van der Waals surface area contributed by atoms with E-state index in [1.807, 2.05) is 54.6 Å². The van der Waals surface area contributed by atoms with E-state index in [2.05, 4.69) is 15.3 Å². The summed E-state index contributed by atoms with van der Waals surface area (Å²) in [6, 6.07) is 19.2. The first-order valence-electron chi connectivity index (χ1n) is 9.00. The molecule has 4 aromatic rings. The van der Waals surface area contributed by atoms with Gasteiger partial charge in [-0.05, 0) is 24.3 Å². The largest absolute Gasteiger partial charge is 0.487 e. The summed E-state index contributed by atoms with van der Waals surface area (Å²) in [5.74, 6) is 2.11. The topological polar surface area (TPSA) is 88.9 Å². The Labute approximate surface area is 167 Å². The molecule has 6 nitrogen and oxygen atoms in total. The van der Waals surface area contributed by atoms with Crippen LogP contribution in [0.15, 0.2) is 60.7 Å². The Morgan fingerprint density at radius 1 is 1.04 bits per heavy atom. The number of fused-ring (bicyclic) bond motifs is 1. The summed E-state index contributed by atoms with van der Waals surface area (Å²) in [7, 11) is 0. The lowest BCUT2D eigenvalue weighted by molar-refractivity contribution is 0.302. The average molecular weight is 394 g/mol. The molecule has 0 saturated carbocycles. The van der Waals surface area contributed by atoms with Gasteiger partial charge < -0.3 is 20.8 Å². The maximum Gasteiger partial charge on any atom is 0.163 e. The Balaban J connectivity index is 1.66. The fourth-order valence-corrected chi connectivity index (χ4v) is 3.08. The zero-order valence-electron chi connectivity index (χ0n) is 15.2. The van der Waals surface area contributed by atoms with E-state index in [1.54, 1.807) is 6.07 Å². The summed E-state index contributed by atoms with van der Waals surface area (Å²) in [6.07, 6.45) is 0. The molecule has 0 amide bonds. The standard InChI is InChI=1S/C21H20ClN5O/c22-15-7-4-8-17(11-15)28-13-16-12-18-20(24-10-9-23)26-19(27-21(18)25-16)14-5-2-1-3-6-14/h1-8,11-12H,9-10,13,23H2,(H2,24,25,26,27). The molecule has 7 heteroatoms. The van der Waals surface area contributed by atoms with Gasteiger partial charge in [0.1, 0.15) is 23.8 Å². The van der Waals surface area contributed by atoms with E-state index in [0.717, 1.165) is 28.1 Å². The first-order chi connectivity index (χ1) is 13.7. The molecule has 4 N–H and O–H groups in total. The summed E-state index contributed by atoms with van der Waals surface area (Å²) >= 11 is 6.01. The van der Waals surface area contributed by atoms with Gasteiger partial charge >= 0.3 is 0 Å². The smallest absolute Gasteiger partial charge is 0.163 e. The Hall–Kier alpha value is -3.09. The number of hydrogen-bond acceptors (Lipinski definition) is 5. The molecule has 142 valence electrons. The predicted molar refractivity (Wildman–Crippen MR) is 113 cm³/mol. The van der Waals surface area contributed by atoms with Crippen LogP contribution in [-0.4, -0.2) is 28.0 Å². The molecule has 4 rings (SSSR count). The molecule has 28 heavy (non-hydrogen) atoms. The molecular weight excluding hydrogens is 374 g/mol. The van der Waals surface area contributed by atoms with Gasteiger partial charge in [0.25, 0.3) is 0 Å². The average Bonchev–Trinajstić information content (AvgIpc) is 3.14. The van der Waals surface area contributed by atoms with Crippen molar-refractivity contribution in [3.8, 4) is 17.1 Å². The van der Waals surface area contributed by atoms with Gasteiger partial charge in [-0.3, -0.25) is 0 Å². The van der Waals surface area contributed by atoms with Crippen molar-refractivity contribution in [3.63, 3.8) is 0 Å². The van der Waals surface area contributed by atoms with E-state index in [1.165, 1.54) is 0 Å². The fourth-order valence-electron chi connectivity index (χ4n) is 2.90. The van der Waals surface area contributed by atoms with Crippen molar-refractivity contribution >= 4 is 28.5 Å². The minimum atomic E-state index is 0.369. The molecular formula is C21H20ClN5O. The van der Waals surface area contributed by atoms with Gasteiger partial charge in [0, 0.05) is 23.7 Å². The first-order valence-corrected chi connectivity index (χ1v) is 9.38. The van der Waals surface area contributed by atoms with Crippen LogP contribution in [0, 0.1) is 0 Å². The molecule has 0 bridgehead atoms. The van der Waals surface area contributed by atoms with Crippen LogP contribution >= 0.6 is 11.6 Å². The Kier molecular flexibility index (Phi) is 5.41. The number of aromatic nitrogens is 3. The van der Waals surface area contributed by atoms with Gasteiger partial charge in [0.05, 0.1) is 11.1 Å². The van der Waals surface area contributed by atoms with E-state index < -0.39 is 0 Å². The van der Waals surface area contributed by atoms with Crippen molar-refractivity contribution in [1.82, 2.24) is 15.0 Å². The maximum absolute atomic E-state index is 6.01. The summed E-state index contributed by atoms with van der Waals surface area (Å²) in [4.78, 5) is 12.7. The lowest BCUT2D eigenvalue weighted by Gasteiger charge is -2.07. The van der Waals surface area contributed by atoms with Crippen LogP contribution in [0.5, 0.6) is 5.75 Å². The second kappa shape index (κ2) is 8.29. The number of nitrogens with one attached hydrogen (secondary N) is 2. The molecule has 0 aliphatic rings. The number of ether oxygens (including phenoxy) is 1. The normalized spacial score (nSPS) is 10.9. The van der Waals surface area contributed by atoms with Crippen LogP contribution in [-0.2, 0) is 6.61 Å². The third-order valence-electron chi connectivity index (χ3n) is 4.20. The minimum Gasteiger partial charge on any atom is -0.487 e. The zero-order valence-corrected chi connectivity index (χ0v) is 15.9. The number of nitrogens with zero attached hydrogens (tertiary/aromatic N) is 2. The minimum absolute atomic E-state index is 0.369. The summed E-state index contributed by atoms with van der Waals surface area (Å²) < 4.78 is 5.83. The third-order valence-corrected chi connectivity index (χ3v) is 4.44. The predicted octanol–water partition coefficient (Wildman–Crippen LogP) is 4.23. The molecule has 0 fully saturated rings. The molecule has 0 atom stereocenters. The number of anilines is 1. The number of nitrogens with two attached hydrogens (primary N) is 1. The molecule has 0 aliphatic heterocycles. The van der Waals surface area contributed by atoms with Gasteiger partial charge in [0.15, 0.2) is 5.82 Å². The molecule has 0 spiro atoms. The SMILES string of the molecule is NCCNc1nc(-c2ccccc2)nc2[nH]c(COc3cccc(Cl)c3)cc12. The highest BCUT2D eigenvalue weighted by atomic mass is 35.5. The highest BCUT2D eigenvalue weighted by Gasteiger charge is 2.12. The van der Waals surface area contributed by atoms with Crippen molar-refractivity contribution in [1.29, 1.82) is 0 Å². The molecule has 0 saturated heterocycles. The van der Waals surface area contributed by atoms with E-state index in [9.17, 15) is 0 Å². The highest BCUT2D eigenvalue weighted by molar-refractivity contribution is 6.30. The quantitative estimate of drug-likeness (QED) is 0.437. The van der Waals surface area contributed by atoms with Crippen molar-refractivity contribution in [2.24, 2.45) is 5.73 Å². The van der Waals surface area contributed by atoms with Gasteiger partial charge in [-0.15, -0.1) is 0 Å². The molecule has 0 radical (unpaired) electrons. The van der Waals surface area contributed by atoms with Crippen LogP contribution in [0.25, 0.3) is 22.4 Å². The van der Waals surface area contributed by atoms with Crippen molar-refractivity contribution in [3.05, 3.63) is 71.4 Å². The summed E-state index contributed by atoms with van der Waals surface area (Å²) in [5.41, 5.74) is 8.25. The van der Waals surface area contributed by atoms with E-state index in [4.69, 9.17) is 27.1 Å². The molecule has 2 aromatic heterocycles. The number of H-pyrrole nitrogens is 1.